The van der Waals surface area contributed by atoms with Gasteiger partial charge in [0, 0.05) is 23.3 Å². The van der Waals surface area contributed by atoms with Crippen LogP contribution in [0.15, 0.2) is 59.8 Å². The number of aromatic amines is 1. The highest BCUT2D eigenvalue weighted by atomic mass is 16.1. The number of primary amides is 1. The van der Waals surface area contributed by atoms with Crippen LogP contribution in [0.1, 0.15) is 10.4 Å². The minimum atomic E-state index is -0.729. The molecule has 5 N–H and O–H groups in total. The van der Waals surface area contributed by atoms with Crippen molar-refractivity contribution in [2.75, 3.05) is 5.73 Å². The number of nitrogen functional groups attached to an aromatic ring is 1. The van der Waals surface area contributed by atoms with E-state index in [4.69, 9.17) is 11.5 Å². The van der Waals surface area contributed by atoms with Crippen molar-refractivity contribution in [1.29, 1.82) is 0 Å². The summed E-state index contributed by atoms with van der Waals surface area (Å²) in [5.41, 5.74) is 12.8. The number of carbonyl (C=O) groups is 1. The lowest BCUT2D eigenvalue weighted by molar-refractivity contribution is 0.100. The Hall–Kier alpha value is -3.94. The second kappa shape index (κ2) is 5.85. The van der Waals surface area contributed by atoms with E-state index in [1.165, 1.54) is 10.8 Å². The Bertz CT molecular complexity index is 1190. The van der Waals surface area contributed by atoms with E-state index in [0.29, 0.717) is 16.8 Å². The number of amides is 1. The van der Waals surface area contributed by atoms with E-state index >= 15 is 0 Å². The summed E-state index contributed by atoms with van der Waals surface area (Å²) in [4.78, 5) is 29.3. The second-order valence-electron chi connectivity index (χ2n) is 5.70. The lowest BCUT2D eigenvalue weighted by Crippen LogP contribution is -2.26. The van der Waals surface area contributed by atoms with E-state index in [2.05, 4.69) is 15.2 Å². The number of benzene rings is 1. The summed E-state index contributed by atoms with van der Waals surface area (Å²) in [6.45, 7) is 0. The number of aromatic nitrogens is 4. The maximum Gasteiger partial charge on any atom is 0.266 e. The van der Waals surface area contributed by atoms with E-state index in [-0.39, 0.29) is 16.8 Å². The van der Waals surface area contributed by atoms with Gasteiger partial charge in [0.2, 0.25) is 0 Å². The van der Waals surface area contributed by atoms with Crippen LogP contribution in [0.25, 0.3) is 27.8 Å². The van der Waals surface area contributed by atoms with Gasteiger partial charge < -0.3 is 11.5 Å². The summed E-state index contributed by atoms with van der Waals surface area (Å²) < 4.78 is 1.27. The van der Waals surface area contributed by atoms with Crippen LogP contribution in [-0.2, 0) is 0 Å². The Morgan fingerprint density at radius 3 is 2.73 bits per heavy atom. The van der Waals surface area contributed by atoms with Gasteiger partial charge in [-0.05, 0) is 18.2 Å². The highest BCUT2D eigenvalue weighted by molar-refractivity contribution is 6.04. The quantitative estimate of drug-likeness (QED) is 0.516. The van der Waals surface area contributed by atoms with Crippen LogP contribution in [0.4, 0.5) is 5.69 Å². The Morgan fingerprint density at radius 2 is 2.00 bits per heavy atom. The van der Waals surface area contributed by atoms with E-state index < -0.39 is 11.5 Å². The molecule has 0 atom stereocenters. The minimum Gasteiger partial charge on any atom is -0.397 e. The number of pyridine rings is 2. The number of anilines is 1. The Labute approximate surface area is 147 Å². The molecule has 3 heterocycles. The maximum absolute atomic E-state index is 13.2. The van der Waals surface area contributed by atoms with Crippen molar-refractivity contribution in [2.45, 2.75) is 0 Å². The summed E-state index contributed by atoms with van der Waals surface area (Å²) in [5, 5.41) is 7.57. The van der Waals surface area contributed by atoms with Gasteiger partial charge in [0.15, 0.2) is 0 Å². The Balaban J connectivity index is 2.12. The van der Waals surface area contributed by atoms with Crippen LogP contribution >= 0.6 is 0 Å². The summed E-state index contributed by atoms with van der Waals surface area (Å²) >= 11 is 0. The fourth-order valence-corrected chi connectivity index (χ4v) is 2.94. The number of nitrogens with two attached hydrogens (primary N) is 2. The number of hydrogen-bond donors (Lipinski definition) is 3. The fraction of sp³-hybridized carbons (Fsp3) is 0. The van der Waals surface area contributed by atoms with E-state index in [1.54, 1.807) is 42.7 Å². The van der Waals surface area contributed by atoms with E-state index in [0.717, 1.165) is 5.52 Å². The minimum absolute atomic E-state index is 0.0309. The topological polar surface area (TPSA) is 133 Å². The predicted molar refractivity (Wildman–Crippen MR) is 97.9 cm³/mol. The molecule has 0 spiro atoms. The lowest BCUT2D eigenvalue weighted by atomic mass is 9.99. The van der Waals surface area contributed by atoms with Crippen LogP contribution in [0.5, 0.6) is 0 Å². The largest absolute Gasteiger partial charge is 0.397 e. The molecule has 1 amide bonds. The zero-order valence-electron chi connectivity index (χ0n) is 13.5. The number of carbonyl (C=O) groups excluding carboxylic acids is 1. The molecule has 0 fully saturated rings. The molecule has 0 aliphatic heterocycles. The number of nitrogens with one attached hydrogen (secondary N) is 1. The maximum atomic E-state index is 13.2. The highest BCUT2D eigenvalue weighted by Gasteiger charge is 2.21. The third kappa shape index (κ3) is 2.32. The zero-order chi connectivity index (χ0) is 18.3. The van der Waals surface area contributed by atoms with E-state index in [1.807, 2.05) is 6.07 Å². The van der Waals surface area contributed by atoms with Gasteiger partial charge in [0.25, 0.3) is 11.5 Å². The summed E-state index contributed by atoms with van der Waals surface area (Å²) in [5.74, 6) is -0.367. The van der Waals surface area contributed by atoms with Gasteiger partial charge in [-0.1, -0.05) is 18.2 Å². The van der Waals surface area contributed by atoms with Crippen LogP contribution < -0.4 is 17.0 Å². The first-order valence-electron chi connectivity index (χ1n) is 7.76. The molecule has 128 valence electrons. The van der Waals surface area contributed by atoms with Gasteiger partial charge >= 0.3 is 0 Å². The van der Waals surface area contributed by atoms with Gasteiger partial charge in [-0.25, -0.2) is 4.98 Å². The third-order valence-electron chi connectivity index (χ3n) is 4.17. The number of nitrogens with zero attached hydrogens (tertiary/aromatic N) is 3. The average Bonchev–Trinajstić information content (AvgIpc) is 3.12. The standard InChI is InChI=1S/C18H14N6O2/c19-16-12(17(20)25)9-24(14-6-1-2-7-21-14)18(26)15(16)10-4-3-5-13-11(10)8-22-23-13/h1-9H,19H2,(H2,20,25)(H,22,23). The molecule has 0 bridgehead atoms. The second-order valence-corrected chi connectivity index (χ2v) is 5.70. The van der Waals surface area contributed by atoms with Crippen molar-refractivity contribution in [3.8, 4) is 16.9 Å². The zero-order valence-corrected chi connectivity index (χ0v) is 13.5. The molecule has 4 aromatic rings. The molecule has 0 saturated heterocycles. The molecular formula is C18H14N6O2. The molecule has 4 rings (SSSR count). The van der Waals surface area contributed by atoms with Crippen molar-refractivity contribution in [1.82, 2.24) is 19.7 Å². The van der Waals surface area contributed by atoms with Crippen molar-refractivity contribution in [3.63, 3.8) is 0 Å². The van der Waals surface area contributed by atoms with Gasteiger partial charge in [-0.3, -0.25) is 19.3 Å². The van der Waals surface area contributed by atoms with Gasteiger partial charge in [0.05, 0.1) is 28.5 Å². The SMILES string of the molecule is NC(=O)c1cn(-c2ccccn2)c(=O)c(-c2cccc3[nH]ncc23)c1N. The number of hydrogen-bond acceptors (Lipinski definition) is 5. The summed E-state index contributed by atoms with van der Waals surface area (Å²) in [6.07, 6.45) is 4.48. The van der Waals surface area contributed by atoms with Gasteiger partial charge in [-0.2, -0.15) is 5.10 Å². The number of rotatable bonds is 3. The average molecular weight is 346 g/mol. The molecular weight excluding hydrogens is 332 g/mol. The first-order valence-corrected chi connectivity index (χ1v) is 7.76. The van der Waals surface area contributed by atoms with Crippen molar-refractivity contribution < 1.29 is 4.79 Å². The molecule has 1 aromatic carbocycles. The van der Waals surface area contributed by atoms with Crippen molar-refractivity contribution >= 4 is 22.5 Å². The van der Waals surface area contributed by atoms with E-state index in [9.17, 15) is 9.59 Å². The summed E-state index contributed by atoms with van der Waals surface area (Å²) in [7, 11) is 0. The van der Waals surface area contributed by atoms with Gasteiger partial charge in [0.1, 0.15) is 5.82 Å². The highest BCUT2D eigenvalue weighted by Crippen LogP contribution is 2.31. The van der Waals surface area contributed by atoms with Crippen molar-refractivity contribution in [3.05, 3.63) is 70.9 Å². The predicted octanol–water partition coefficient (Wildman–Crippen LogP) is 1.46. The molecule has 8 heteroatoms. The number of fused-ring (bicyclic) bond motifs is 1. The lowest BCUT2D eigenvalue weighted by Gasteiger charge is -2.14. The molecule has 0 saturated carbocycles. The third-order valence-corrected chi connectivity index (χ3v) is 4.17. The fourth-order valence-electron chi connectivity index (χ4n) is 2.94. The Kier molecular flexibility index (Phi) is 3.51. The number of H-pyrrole nitrogens is 1. The molecule has 8 nitrogen and oxygen atoms in total. The molecule has 26 heavy (non-hydrogen) atoms. The van der Waals surface area contributed by atoms with Crippen LogP contribution in [0.2, 0.25) is 0 Å². The normalized spacial score (nSPS) is 10.9. The van der Waals surface area contributed by atoms with Crippen LogP contribution in [0, 0.1) is 0 Å². The first-order chi connectivity index (χ1) is 12.6. The van der Waals surface area contributed by atoms with Crippen LogP contribution in [-0.4, -0.2) is 25.7 Å². The smallest absolute Gasteiger partial charge is 0.266 e. The molecule has 3 aromatic heterocycles. The summed E-state index contributed by atoms with van der Waals surface area (Å²) in [6, 6.07) is 10.5. The first kappa shape index (κ1) is 15.6. The molecule has 0 unspecified atom stereocenters. The van der Waals surface area contributed by atoms with Crippen LogP contribution in [0.3, 0.4) is 0 Å². The van der Waals surface area contributed by atoms with Crippen molar-refractivity contribution in [2.24, 2.45) is 5.73 Å². The molecule has 0 aliphatic rings. The molecule has 0 radical (unpaired) electrons. The monoisotopic (exact) mass is 346 g/mol. The van der Waals surface area contributed by atoms with Gasteiger partial charge in [-0.15, -0.1) is 0 Å². The molecule has 0 aliphatic carbocycles. The Morgan fingerprint density at radius 1 is 1.15 bits per heavy atom.